The fraction of sp³-hybridized carbons (Fsp3) is 0.167. The van der Waals surface area contributed by atoms with Crippen LogP contribution in [0.25, 0.3) is 0 Å². The average Bonchev–Trinajstić information content (AvgIpc) is 3.15. The Morgan fingerprint density at radius 2 is 1.89 bits per heavy atom. The van der Waals surface area contributed by atoms with E-state index in [0.29, 0.717) is 22.1 Å². The van der Waals surface area contributed by atoms with Crippen molar-refractivity contribution in [3.8, 4) is 5.75 Å². The summed E-state index contributed by atoms with van der Waals surface area (Å²) in [7, 11) is 0. The maximum Gasteiger partial charge on any atom is 0.269 e. The largest absolute Gasteiger partial charge is 0.483 e. The van der Waals surface area contributed by atoms with Crippen LogP contribution >= 0.6 is 11.3 Å². The quantitative estimate of drug-likeness (QED) is 0.482. The minimum atomic E-state index is -0.518. The number of carbonyl (C=O) groups excluding carboxylic acids is 1. The highest BCUT2D eigenvalue weighted by atomic mass is 32.1. The number of hydrogen-bond donors (Lipinski definition) is 1. The molecule has 1 atom stereocenters. The number of nitrogens with one attached hydrogen (secondary N) is 1. The molecule has 0 spiro atoms. The van der Waals surface area contributed by atoms with Crippen molar-refractivity contribution in [2.24, 2.45) is 0 Å². The number of carbonyl (C=O) groups is 1. The predicted octanol–water partition coefficient (Wildman–Crippen LogP) is 4.23. The molecule has 1 N–H and O–H groups in total. The van der Waals surface area contributed by atoms with Crippen molar-refractivity contribution in [1.82, 2.24) is 10.2 Å². The van der Waals surface area contributed by atoms with Crippen LogP contribution in [0, 0.1) is 10.1 Å². The molecule has 1 heterocycles. The summed E-state index contributed by atoms with van der Waals surface area (Å²) in [6.45, 7) is 1.98. The van der Waals surface area contributed by atoms with Gasteiger partial charge in [0.25, 0.3) is 11.6 Å². The van der Waals surface area contributed by atoms with Gasteiger partial charge in [-0.25, -0.2) is 0 Å². The minimum Gasteiger partial charge on any atom is -0.483 e. The Bertz CT molecular complexity index is 928. The molecule has 0 saturated carbocycles. The van der Waals surface area contributed by atoms with Crippen LogP contribution < -0.4 is 10.1 Å². The van der Waals surface area contributed by atoms with E-state index in [1.54, 1.807) is 0 Å². The molecule has 8 nitrogen and oxygen atoms in total. The molecular formula is C18H16N4O4S. The van der Waals surface area contributed by atoms with Crippen LogP contribution in [0.4, 0.5) is 10.8 Å². The highest BCUT2D eigenvalue weighted by molar-refractivity contribution is 7.15. The standard InChI is InChI=1S/C18H16N4O4S/c1-2-15(26-14-6-4-3-5-7-14)17-20-21-18(27-17)19-16(23)12-8-10-13(11-9-12)22(24)25/h3-11,15H,2H2,1H3,(H,19,21,23). The van der Waals surface area contributed by atoms with E-state index < -0.39 is 10.8 Å². The van der Waals surface area contributed by atoms with Crippen molar-refractivity contribution < 1.29 is 14.5 Å². The second kappa shape index (κ2) is 8.37. The number of anilines is 1. The molecule has 27 heavy (non-hydrogen) atoms. The number of nitrogens with zero attached hydrogens (tertiary/aromatic N) is 3. The molecule has 1 aromatic heterocycles. The van der Waals surface area contributed by atoms with Gasteiger partial charge < -0.3 is 4.74 Å². The topological polar surface area (TPSA) is 107 Å². The summed E-state index contributed by atoms with van der Waals surface area (Å²) in [5, 5.41) is 22.4. The SMILES string of the molecule is CCC(Oc1ccccc1)c1nnc(NC(=O)c2ccc([N+](=O)[O-])cc2)s1. The fourth-order valence-corrected chi connectivity index (χ4v) is 3.14. The van der Waals surface area contributed by atoms with E-state index in [2.05, 4.69) is 15.5 Å². The number of nitro benzene ring substituents is 1. The van der Waals surface area contributed by atoms with Crippen molar-refractivity contribution in [2.45, 2.75) is 19.4 Å². The number of aromatic nitrogens is 2. The van der Waals surface area contributed by atoms with Gasteiger partial charge in [-0.1, -0.05) is 36.5 Å². The number of benzene rings is 2. The highest BCUT2D eigenvalue weighted by Gasteiger charge is 2.18. The molecule has 1 unspecified atom stereocenters. The van der Waals surface area contributed by atoms with Gasteiger partial charge in [-0.15, -0.1) is 10.2 Å². The Balaban J connectivity index is 1.67. The van der Waals surface area contributed by atoms with Crippen LogP contribution in [0.5, 0.6) is 5.75 Å². The van der Waals surface area contributed by atoms with E-state index in [0.717, 1.165) is 5.75 Å². The molecule has 1 amide bonds. The Morgan fingerprint density at radius 1 is 1.19 bits per heavy atom. The van der Waals surface area contributed by atoms with Gasteiger partial charge in [0.15, 0.2) is 11.1 Å². The van der Waals surface area contributed by atoms with Gasteiger partial charge in [-0.3, -0.25) is 20.2 Å². The Hall–Kier alpha value is -3.33. The Labute approximate surface area is 159 Å². The predicted molar refractivity (Wildman–Crippen MR) is 101 cm³/mol. The monoisotopic (exact) mass is 384 g/mol. The summed E-state index contributed by atoms with van der Waals surface area (Å²) in [5.41, 5.74) is 0.221. The van der Waals surface area contributed by atoms with Crippen LogP contribution in [0.1, 0.15) is 34.8 Å². The van der Waals surface area contributed by atoms with Crippen molar-refractivity contribution in [3.63, 3.8) is 0 Å². The van der Waals surface area contributed by atoms with Crippen LogP contribution in [0.15, 0.2) is 54.6 Å². The lowest BCUT2D eigenvalue weighted by Crippen LogP contribution is -2.11. The van der Waals surface area contributed by atoms with Crippen molar-refractivity contribution in [2.75, 3.05) is 5.32 Å². The maximum absolute atomic E-state index is 12.3. The molecule has 0 bridgehead atoms. The molecule has 0 aliphatic heterocycles. The zero-order valence-corrected chi connectivity index (χ0v) is 15.2. The molecule has 2 aromatic carbocycles. The van der Waals surface area contributed by atoms with Gasteiger partial charge in [0, 0.05) is 17.7 Å². The molecule has 0 aliphatic rings. The average molecular weight is 384 g/mol. The molecule has 138 valence electrons. The van der Waals surface area contributed by atoms with Crippen LogP contribution in [-0.4, -0.2) is 21.0 Å². The van der Waals surface area contributed by atoms with E-state index in [4.69, 9.17) is 4.74 Å². The summed E-state index contributed by atoms with van der Waals surface area (Å²) in [5.74, 6) is 0.320. The lowest BCUT2D eigenvalue weighted by molar-refractivity contribution is -0.384. The van der Waals surface area contributed by atoms with E-state index in [1.165, 1.54) is 35.6 Å². The first-order valence-electron chi connectivity index (χ1n) is 8.17. The summed E-state index contributed by atoms with van der Waals surface area (Å²) in [6, 6.07) is 14.7. The second-order valence-electron chi connectivity index (χ2n) is 5.53. The van der Waals surface area contributed by atoms with E-state index >= 15 is 0 Å². The summed E-state index contributed by atoms with van der Waals surface area (Å²) >= 11 is 1.23. The lowest BCUT2D eigenvalue weighted by atomic mass is 10.2. The van der Waals surface area contributed by atoms with Gasteiger partial charge >= 0.3 is 0 Å². The molecular weight excluding hydrogens is 368 g/mol. The van der Waals surface area contributed by atoms with Crippen molar-refractivity contribution in [3.05, 3.63) is 75.3 Å². The third kappa shape index (κ3) is 4.64. The first-order chi connectivity index (χ1) is 13.1. The smallest absolute Gasteiger partial charge is 0.269 e. The van der Waals surface area contributed by atoms with E-state index in [1.807, 2.05) is 37.3 Å². The fourth-order valence-electron chi connectivity index (χ4n) is 2.29. The number of nitro groups is 1. The number of hydrogen-bond acceptors (Lipinski definition) is 7. The first kappa shape index (κ1) is 18.5. The third-order valence-electron chi connectivity index (χ3n) is 3.67. The first-order valence-corrected chi connectivity index (χ1v) is 8.99. The van der Waals surface area contributed by atoms with Gasteiger partial charge in [-0.05, 0) is 30.7 Å². The van der Waals surface area contributed by atoms with Crippen molar-refractivity contribution >= 4 is 28.1 Å². The van der Waals surface area contributed by atoms with Gasteiger partial charge in [0.1, 0.15) is 5.75 Å². The summed E-state index contributed by atoms with van der Waals surface area (Å²) in [6.07, 6.45) is 0.426. The minimum absolute atomic E-state index is 0.0754. The van der Waals surface area contributed by atoms with Crippen LogP contribution in [0.2, 0.25) is 0 Å². The molecule has 3 aromatic rings. The third-order valence-corrected chi connectivity index (χ3v) is 4.60. The van der Waals surface area contributed by atoms with Crippen molar-refractivity contribution in [1.29, 1.82) is 0 Å². The zero-order valence-electron chi connectivity index (χ0n) is 14.4. The number of ether oxygens (including phenoxy) is 1. The molecule has 9 heteroatoms. The summed E-state index contributed by atoms with van der Waals surface area (Å²) in [4.78, 5) is 22.4. The Morgan fingerprint density at radius 3 is 2.52 bits per heavy atom. The van der Waals surface area contributed by atoms with E-state index in [-0.39, 0.29) is 11.8 Å². The number of para-hydroxylation sites is 1. The zero-order chi connectivity index (χ0) is 19.2. The highest BCUT2D eigenvalue weighted by Crippen LogP contribution is 2.29. The second-order valence-corrected chi connectivity index (χ2v) is 6.54. The van der Waals surface area contributed by atoms with Gasteiger partial charge in [0.2, 0.25) is 5.13 Å². The van der Waals surface area contributed by atoms with Crippen LogP contribution in [0.3, 0.4) is 0 Å². The number of rotatable bonds is 7. The molecule has 3 rings (SSSR count). The lowest BCUT2D eigenvalue weighted by Gasteiger charge is -2.14. The molecule has 0 saturated heterocycles. The normalized spacial score (nSPS) is 11.6. The summed E-state index contributed by atoms with van der Waals surface area (Å²) < 4.78 is 5.92. The number of non-ortho nitro benzene ring substituents is 1. The molecule has 0 aliphatic carbocycles. The molecule has 0 radical (unpaired) electrons. The molecule has 0 fully saturated rings. The Kier molecular flexibility index (Phi) is 5.72. The number of amides is 1. The van der Waals surface area contributed by atoms with Gasteiger partial charge in [0.05, 0.1) is 4.92 Å². The maximum atomic E-state index is 12.3. The van der Waals surface area contributed by atoms with Crippen LogP contribution in [-0.2, 0) is 0 Å². The van der Waals surface area contributed by atoms with E-state index in [9.17, 15) is 14.9 Å². The van der Waals surface area contributed by atoms with Gasteiger partial charge in [-0.2, -0.15) is 0 Å².